The van der Waals surface area contributed by atoms with Gasteiger partial charge in [-0.05, 0) is 91.5 Å². The number of nitrogens with zero attached hydrogens (tertiary/aromatic N) is 4. The van der Waals surface area contributed by atoms with Crippen LogP contribution in [0.4, 0.5) is 0 Å². The number of hydrogen-bond acceptors (Lipinski definition) is 6. The highest BCUT2D eigenvalue weighted by atomic mass is 16.4. The second-order valence-corrected chi connectivity index (χ2v) is 12.6. The van der Waals surface area contributed by atoms with Crippen LogP contribution in [0.3, 0.4) is 0 Å². The topological polar surface area (TPSA) is 134 Å². The van der Waals surface area contributed by atoms with E-state index in [-0.39, 0.29) is 36.7 Å². The number of rotatable bonds is 8. The summed E-state index contributed by atoms with van der Waals surface area (Å²) < 4.78 is 0. The summed E-state index contributed by atoms with van der Waals surface area (Å²) in [4.78, 5) is 57.0. The first-order chi connectivity index (χ1) is 20.4. The Balaban J connectivity index is 1.52. The average molecular weight is 586 g/mol. The third kappa shape index (κ3) is 5.38. The molecule has 10 heteroatoms. The normalized spacial score (nSPS) is 21.8. The van der Waals surface area contributed by atoms with Crippen molar-refractivity contribution in [2.75, 3.05) is 34.7 Å². The molecule has 1 heterocycles. The molecule has 1 aliphatic heterocycles. The number of nitrogens with one attached hydrogen (secondary N) is 1. The number of carboxylic acids is 1. The zero-order valence-electron chi connectivity index (χ0n) is 25.4. The zero-order chi connectivity index (χ0) is 31.2. The number of nitriles is 1. The molecule has 5 rings (SSSR count). The molecule has 0 bridgehead atoms. The SMILES string of the molecule is C[C@@H](CC1(C(=O)O)c2ccc(C(=O)N(C)C)cc2CCc2cc(C(=O)N(C)C)ccc21)NCC(=O)N1[C@H](C#N)C[C@@H]2C[C@@H]21. The molecule has 4 atom stereocenters. The first-order valence-corrected chi connectivity index (χ1v) is 14.8. The van der Waals surface area contributed by atoms with Gasteiger partial charge in [0, 0.05) is 51.4 Å². The quantitative estimate of drug-likeness (QED) is 0.486. The number of carbonyl (C=O) groups is 4. The van der Waals surface area contributed by atoms with Crippen LogP contribution in [0.25, 0.3) is 0 Å². The van der Waals surface area contributed by atoms with Gasteiger partial charge >= 0.3 is 5.97 Å². The largest absolute Gasteiger partial charge is 0.480 e. The van der Waals surface area contributed by atoms with Gasteiger partial charge in [0.15, 0.2) is 0 Å². The predicted molar refractivity (Wildman–Crippen MR) is 160 cm³/mol. The van der Waals surface area contributed by atoms with Gasteiger partial charge in [0.05, 0.1) is 12.6 Å². The Kier molecular flexibility index (Phi) is 8.05. The fourth-order valence-electron chi connectivity index (χ4n) is 6.98. The Morgan fingerprint density at radius 1 is 0.977 bits per heavy atom. The number of hydrogen-bond donors (Lipinski definition) is 2. The standard InChI is InChI=1S/C33H39N5O5/c1-19(35-18-29(39)38-25(17-34)14-24-15-28(24)38)16-33(32(42)43)26-10-8-22(30(40)36(2)3)12-20(26)6-7-21-13-23(9-11-27(21)33)31(41)37(4)5/h8-13,19,24-25,28,35H,6-7,14-16,18H2,1-5H3,(H,42,43)/t19-,24+,25-,28-/m0/s1. The van der Waals surface area contributed by atoms with E-state index >= 15 is 0 Å². The third-order valence-electron chi connectivity index (χ3n) is 9.22. The van der Waals surface area contributed by atoms with Crippen molar-refractivity contribution in [3.8, 4) is 6.07 Å². The van der Waals surface area contributed by atoms with Gasteiger partial charge in [0.25, 0.3) is 11.8 Å². The van der Waals surface area contributed by atoms with Crippen LogP contribution in [0.1, 0.15) is 69.2 Å². The highest BCUT2D eigenvalue weighted by molar-refractivity contribution is 5.96. The second kappa shape index (κ2) is 11.5. The first-order valence-electron chi connectivity index (χ1n) is 14.8. The third-order valence-corrected chi connectivity index (χ3v) is 9.22. The summed E-state index contributed by atoms with van der Waals surface area (Å²) in [6.45, 7) is 1.87. The van der Waals surface area contributed by atoms with Gasteiger partial charge in [-0.1, -0.05) is 12.1 Å². The molecule has 10 nitrogen and oxygen atoms in total. The number of aliphatic carboxylic acids is 1. The molecular formula is C33H39N5O5. The molecule has 0 aromatic heterocycles. The Hall–Kier alpha value is -4.23. The molecular weight excluding hydrogens is 546 g/mol. The second-order valence-electron chi connectivity index (χ2n) is 12.6. The molecule has 2 N–H and O–H groups in total. The number of benzene rings is 2. The van der Waals surface area contributed by atoms with E-state index in [4.69, 9.17) is 0 Å². The van der Waals surface area contributed by atoms with Gasteiger partial charge in [0.2, 0.25) is 5.91 Å². The van der Waals surface area contributed by atoms with Crippen LogP contribution < -0.4 is 5.32 Å². The fourth-order valence-corrected chi connectivity index (χ4v) is 6.98. The lowest BCUT2D eigenvalue weighted by Gasteiger charge is -2.35. The average Bonchev–Trinajstić information content (AvgIpc) is 3.67. The van der Waals surface area contributed by atoms with E-state index in [2.05, 4.69) is 11.4 Å². The summed E-state index contributed by atoms with van der Waals surface area (Å²) >= 11 is 0. The Morgan fingerprint density at radius 3 is 1.98 bits per heavy atom. The van der Waals surface area contributed by atoms with Crippen molar-refractivity contribution in [2.24, 2.45) is 5.92 Å². The Labute approximate surface area is 252 Å². The van der Waals surface area contributed by atoms with E-state index in [0.29, 0.717) is 41.0 Å². The molecule has 226 valence electrons. The van der Waals surface area contributed by atoms with Gasteiger partial charge < -0.3 is 25.1 Å². The number of piperidine rings is 1. The molecule has 3 amide bonds. The number of aryl methyl sites for hydroxylation is 2. The molecule has 0 spiro atoms. The molecule has 2 aromatic carbocycles. The molecule has 2 fully saturated rings. The van der Waals surface area contributed by atoms with Crippen molar-refractivity contribution in [1.82, 2.24) is 20.0 Å². The highest BCUT2D eigenvalue weighted by Crippen LogP contribution is 2.48. The zero-order valence-corrected chi connectivity index (χ0v) is 25.4. The van der Waals surface area contributed by atoms with Crippen molar-refractivity contribution in [3.05, 3.63) is 69.8 Å². The molecule has 0 unspecified atom stereocenters. The number of fused-ring (bicyclic) bond motifs is 3. The summed E-state index contributed by atoms with van der Waals surface area (Å²) in [5, 5.41) is 23.8. The van der Waals surface area contributed by atoms with Gasteiger partial charge in [-0.25, -0.2) is 0 Å². The predicted octanol–water partition coefficient (Wildman–Crippen LogP) is 2.44. The molecule has 1 saturated carbocycles. The van der Waals surface area contributed by atoms with E-state index in [1.165, 1.54) is 9.80 Å². The molecule has 2 aromatic rings. The Morgan fingerprint density at radius 2 is 1.51 bits per heavy atom. The smallest absolute Gasteiger partial charge is 0.318 e. The van der Waals surface area contributed by atoms with Crippen LogP contribution in [0, 0.1) is 17.2 Å². The number of amides is 3. The van der Waals surface area contributed by atoms with Crippen molar-refractivity contribution in [3.63, 3.8) is 0 Å². The minimum Gasteiger partial charge on any atom is -0.480 e. The lowest BCUT2D eigenvalue weighted by molar-refractivity contribution is -0.142. The van der Waals surface area contributed by atoms with Crippen LogP contribution in [0.5, 0.6) is 0 Å². The van der Waals surface area contributed by atoms with Crippen molar-refractivity contribution >= 4 is 23.7 Å². The van der Waals surface area contributed by atoms with Crippen LogP contribution in [-0.2, 0) is 27.8 Å². The first kappa shape index (κ1) is 30.2. The molecule has 2 aliphatic carbocycles. The maximum atomic E-state index is 13.5. The number of carbonyl (C=O) groups excluding carboxylic acids is 3. The van der Waals surface area contributed by atoms with Gasteiger partial charge in [-0.2, -0.15) is 5.26 Å². The minimum atomic E-state index is -1.50. The van der Waals surface area contributed by atoms with Crippen molar-refractivity contribution in [2.45, 2.75) is 62.6 Å². The van der Waals surface area contributed by atoms with Gasteiger partial charge in [-0.15, -0.1) is 0 Å². The molecule has 0 radical (unpaired) electrons. The molecule has 1 saturated heterocycles. The number of carboxylic acid groups (broad SMARTS) is 1. The highest BCUT2D eigenvalue weighted by Gasteiger charge is 2.54. The van der Waals surface area contributed by atoms with Gasteiger partial charge in [-0.3, -0.25) is 19.2 Å². The van der Waals surface area contributed by atoms with Crippen LogP contribution in [0.15, 0.2) is 36.4 Å². The Bertz CT molecular complexity index is 1450. The van der Waals surface area contributed by atoms with E-state index in [9.17, 15) is 29.5 Å². The monoisotopic (exact) mass is 585 g/mol. The van der Waals surface area contributed by atoms with E-state index < -0.39 is 23.5 Å². The van der Waals surface area contributed by atoms with Crippen molar-refractivity contribution in [1.29, 1.82) is 5.26 Å². The number of likely N-dealkylation sites (tertiary alicyclic amines) is 1. The maximum Gasteiger partial charge on any atom is 0.318 e. The molecule has 3 aliphatic rings. The summed E-state index contributed by atoms with van der Waals surface area (Å²) in [5.41, 5.74) is 2.19. The molecule has 43 heavy (non-hydrogen) atoms. The summed E-state index contributed by atoms with van der Waals surface area (Å²) in [5.74, 6) is -1.12. The summed E-state index contributed by atoms with van der Waals surface area (Å²) in [7, 11) is 6.70. The summed E-state index contributed by atoms with van der Waals surface area (Å²) in [6, 6.07) is 12.0. The fraction of sp³-hybridized carbons (Fsp3) is 0.485. The lowest BCUT2D eigenvalue weighted by Crippen LogP contribution is -2.48. The van der Waals surface area contributed by atoms with Crippen LogP contribution >= 0.6 is 0 Å². The van der Waals surface area contributed by atoms with Crippen molar-refractivity contribution < 1.29 is 24.3 Å². The van der Waals surface area contributed by atoms with Crippen LogP contribution in [0.2, 0.25) is 0 Å². The maximum absolute atomic E-state index is 13.5. The lowest BCUT2D eigenvalue weighted by atomic mass is 9.68. The van der Waals surface area contributed by atoms with Crippen LogP contribution in [-0.4, -0.2) is 96.4 Å². The minimum absolute atomic E-state index is 0.00449. The summed E-state index contributed by atoms with van der Waals surface area (Å²) in [6.07, 6.45) is 2.78. The van der Waals surface area contributed by atoms with Gasteiger partial charge in [0.1, 0.15) is 11.5 Å². The van der Waals surface area contributed by atoms with E-state index in [1.807, 2.05) is 6.92 Å². The van der Waals surface area contributed by atoms with E-state index in [0.717, 1.165) is 24.0 Å². The van der Waals surface area contributed by atoms with E-state index in [1.54, 1.807) is 69.5 Å².